The molecule has 3 aromatic carbocycles. The van der Waals surface area contributed by atoms with Gasteiger partial charge in [-0.25, -0.2) is 8.42 Å². The highest BCUT2D eigenvalue weighted by molar-refractivity contribution is 7.92. The van der Waals surface area contributed by atoms with E-state index in [-0.39, 0.29) is 17.1 Å². The second-order valence-electron chi connectivity index (χ2n) is 7.19. The van der Waals surface area contributed by atoms with Gasteiger partial charge < -0.3 is 5.32 Å². The topological polar surface area (TPSA) is 66.5 Å². The van der Waals surface area contributed by atoms with Gasteiger partial charge in [-0.15, -0.1) is 0 Å². The Kier molecular flexibility index (Phi) is 7.34. The monoisotopic (exact) mass is 496 g/mol. The third kappa shape index (κ3) is 5.85. The lowest BCUT2D eigenvalue weighted by Crippen LogP contribution is -2.40. The number of alkyl halides is 3. The summed E-state index contributed by atoms with van der Waals surface area (Å²) in [5.41, 5.74) is 0.227. The van der Waals surface area contributed by atoms with Crippen molar-refractivity contribution in [1.29, 1.82) is 0 Å². The lowest BCUT2D eigenvalue weighted by Gasteiger charge is -2.25. The van der Waals surface area contributed by atoms with E-state index >= 15 is 0 Å². The molecule has 0 unspecified atom stereocenters. The molecule has 0 radical (unpaired) electrons. The van der Waals surface area contributed by atoms with Crippen LogP contribution < -0.4 is 9.62 Å². The molecule has 0 saturated heterocycles. The van der Waals surface area contributed by atoms with Crippen molar-refractivity contribution in [2.45, 2.75) is 24.5 Å². The van der Waals surface area contributed by atoms with Crippen molar-refractivity contribution in [1.82, 2.24) is 5.32 Å². The summed E-state index contributed by atoms with van der Waals surface area (Å²) in [6.07, 6.45) is -4.80. The second kappa shape index (κ2) is 9.84. The number of carbonyl (C=O) groups is 1. The molecule has 0 atom stereocenters. The molecule has 0 aliphatic heterocycles. The van der Waals surface area contributed by atoms with Crippen LogP contribution in [0.2, 0.25) is 5.02 Å². The van der Waals surface area contributed by atoms with Crippen LogP contribution in [0.4, 0.5) is 18.9 Å². The molecule has 0 aliphatic carbocycles. The Morgan fingerprint density at radius 1 is 1.00 bits per heavy atom. The van der Waals surface area contributed by atoms with Gasteiger partial charge in [-0.3, -0.25) is 9.10 Å². The van der Waals surface area contributed by atoms with Gasteiger partial charge in [0.25, 0.3) is 10.0 Å². The fraction of sp³-hybridized carbons (Fsp3) is 0.174. The van der Waals surface area contributed by atoms with E-state index in [1.165, 1.54) is 24.3 Å². The Hall–Kier alpha value is -3.04. The zero-order chi connectivity index (χ0) is 24.2. The molecule has 0 fully saturated rings. The van der Waals surface area contributed by atoms with Gasteiger partial charge >= 0.3 is 6.18 Å². The Labute approximate surface area is 194 Å². The fourth-order valence-electron chi connectivity index (χ4n) is 3.11. The molecule has 1 N–H and O–H groups in total. The van der Waals surface area contributed by atoms with Crippen LogP contribution in [-0.2, 0) is 27.5 Å². The zero-order valence-electron chi connectivity index (χ0n) is 17.4. The van der Waals surface area contributed by atoms with Crippen molar-refractivity contribution in [3.05, 3.63) is 94.5 Å². The van der Waals surface area contributed by atoms with Crippen molar-refractivity contribution in [3.8, 4) is 0 Å². The van der Waals surface area contributed by atoms with Crippen molar-refractivity contribution in [2.24, 2.45) is 0 Å². The molecule has 0 aromatic heterocycles. The first-order valence-electron chi connectivity index (χ1n) is 9.76. The molecule has 1 amide bonds. The van der Waals surface area contributed by atoms with E-state index in [1.807, 2.05) is 25.1 Å². The van der Waals surface area contributed by atoms with Crippen LogP contribution >= 0.6 is 11.6 Å². The molecule has 3 rings (SSSR count). The molecule has 0 bridgehead atoms. The standard InChI is InChI=1S/C23H20ClF3N2O3S/c1-16-7-5-6-8-17(16)14-28-22(30)15-29(33(31,32)19-9-3-2-4-10-19)18-11-12-21(24)20(13-18)23(25,26)27/h2-13H,14-15H2,1H3,(H,28,30). The molecule has 0 heterocycles. The summed E-state index contributed by atoms with van der Waals surface area (Å²) in [5, 5.41) is 2.05. The predicted octanol–water partition coefficient (Wildman–Crippen LogP) is 5.18. The van der Waals surface area contributed by atoms with Gasteiger partial charge in [0, 0.05) is 6.54 Å². The highest BCUT2D eigenvalue weighted by Gasteiger charge is 2.35. The minimum Gasteiger partial charge on any atom is -0.350 e. The van der Waals surface area contributed by atoms with E-state index in [0.29, 0.717) is 10.4 Å². The van der Waals surface area contributed by atoms with Gasteiger partial charge in [0.15, 0.2) is 0 Å². The number of hydrogen-bond acceptors (Lipinski definition) is 3. The zero-order valence-corrected chi connectivity index (χ0v) is 19.0. The van der Waals surface area contributed by atoms with Gasteiger partial charge in [0.1, 0.15) is 6.54 Å². The van der Waals surface area contributed by atoms with Gasteiger partial charge in [-0.1, -0.05) is 54.1 Å². The third-order valence-electron chi connectivity index (χ3n) is 4.90. The summed E-state index contributed by atoms with van der Waals surface area (Å²) in [7, 11) is -4.35. The molecule has 0 spiro atoms. The average molecular weight is 497 g/mol. The van der Waals surface area contributed by atoms with Crippen LogP contribution in [0.3, 0.4) is 0 Å². The van der Waals surface area contributed by atoms with Crippen LogP contribution in [0.25, 0.3) is 0 Å². The van der Waals surface area contributed by atoms with Crippen LogP contribution in [0, 0.1) is 6.92 Å². The van der Waals surface area contributed by atoms with Crippen LogP contribution in [0.15, 0.2) is 77.7 Å². The summed E-state index contributed by atoms with van der Waals surface area (Å²) in [6, 6.07) is 17.2. The summed E-state index contributed by atoms with van der Waals surface area (Å²) < 4.78 is 67.4. The first kappa shape index (κ1) is 24.6. The normalized spacial score (nSPS) is 11.8. The first-order valence-corrected chi connectivity index (χ1v) is 11.6. The predicted molar refractivity (Wildman–Crippen MR) is 120 cm³/mol. The lowest BCUT2D eigenvalue weighted by atomic mass is 10.1. The van der Waals surface area contributed by atoms with Crippen molar-refractivity contribution >= 4 is 33.2 Å². The Morgan fingerprint density at radius 3 is 2.27 bits per heavy atom. The number of nitrogens with one attached hydrogen (secondary N) is 1. The summed E-state index contributed by atoms with van der Waals surface area (Å²) in [5.74, 6) is -0.679. The second-order valence-corrected chi connectivity index (χ2v) is 9.46. The maximum atomic E-state index is 13.4. The third-order valence-corrected chi connectivity index (χ3v) is 7.02. The average Bonchev–Trinajstić information content (AvgIpc) is 2.77. The molecular weight excluding hydrogens is 477 g/mol. The molecule has 5 nitrogen and oxygen atoms in total. The summed E-state index contributed by atoms with van der Waals surface area (Å²) >= 11 is 5.69. The van der Waals surface area contributed by atoms with Crippen LogP contribution in [-0.4, -0.2) is 20.9 Å². The summed E-state index contributed by atoms with van der Waals surface area (Å²) in [4.78, 5) is 12.5. The minimum atomic E-state index is -4.80. The Bertz CT molecular complexity index is 1250. The number of carbonyl (C=O) groups excluding carboxylic acids is 1. The number of amides is 1. The summed E-state index contributed by atoms with van der Waals surface area (Å²) in [6.45, 7) is 1.28. The van der Waals surface area contributed by atoms with Crippen molar-refractivity contribution in [2.75, 3.05) is 10.8 Å². The van der Waals surface area contributed by atoms with E-state index < -0.39 is 39.2 Å². The van der Waals surface area contributed by atoms with Gasteiger partial charge in [0.2, 0.25) is 5.91 Å². The molecule has 33 heavy (non-hydrogen) atoms. The molecule has 0 aliphatic rings. The maximum Gasteiger partial charge on any atom is 0.417 e. The van der Waals surface area contributed by atoms with E-state index in [9.17, 15) is 26.4 Å². The molecule has 174 valence electrons. The first-order chi connectivity index (χ1) is 15.5. The number of anilines is 1. The molecule has 10 heteroatoms. The number of aryl methyl sites for hydroxylation is 1. The van der Waals surface area contributed by atoms with Crippen LogP contribution in [0.1, 0.15) is 16.7 Å². The Morgan fingerprint density at radius 2 is 1.64 bits per heavy atom. The SMILES string of the molecule is Cc1ccccc1CNC(=O)CN(c1ccc(Cl)c(C(F)(F)F)c1)S(=O)(=O)c1ccccc1. The quantitative estimate of drug-likeness (QED) is 0.490. The number of nitrogens with zero attached hydrogens (tertiary/aromatic N) is 1. The van der Waals surface area contributed by atoms with Crippen LogP contribution in [0.5, 0.6) is 0 Å². The van der Waals surface area contributed by atoms with Crippen molar-refractivity contribution < 1.29 is 26.4 Å². The number of rotatable bonds is 7. The highest BCUT2D eigenvalue weighted by atomic mass is 35.5. The Balaban J connectivity index is 1.96. The molecule has 0 saturated carbocycles. The van der Waals surface area contributed by atoms with Gasteiger partial charge in [0.05, 0.1) is 21.2 Å². The van der Waals surface area contributed by atoms with Crippen molar-refractivity contribution in [3.63, 3.8) is 0 Å². The maximum absolute atomic E-state index is 13.4. The molecular formula is C23H20ClF3N2O3S. The largest absolute Gasteiger partial charge is 0.417 e. The number of halogens is 4. The van der Waals surface area contributed by atoms with Gasteiger partial charge in [-0.05, 0) is 48.4 Å². The molecule has 3 aromatic rings. The lowest BCUT2D eigenvalue weighted by molar-refractivity contribution is -0.137. The smallest absolute Gasteiger partial charge is 0.350 e. The number of hydrogen-bond donors (Lipinski definition) is 1. The fourth-order valence-corrected chi connectivity index (χ4v) is 4.77. The van der Waals surface area contributed by atoms with Gasteiger partial charge in [-0.2, -0.15) is 13.2 Å². The van der Waals surface area contributed by atoms with E-state index in [4.69, 9.17) is 11.6 Å². The highest BCUT2D eigenvalue weighted by Crippen LogP contribution is 2.38. The van der Waals surface area contributed by atoms with E-state index in [2.05, 4.69) is 5.32 Å². The minimum absolute atomic E-state index is 0.138. The van der Waals surface area contributed by atoms with E-state index in [0.717, 1.165) is 23.3 Å². The number of benzene rings is 3. The number of sulfonamides is 1. The van der Waals surface area contributed by atoms with E-state index in [1.54, 1.807) is 12.1 Å².